The van der Waals surface area contributed by atoms with Gasteiger partial charge in [-0.05, 0) is 61.0 Å². The van der Waals surface area contributed by atoms with E-state index in [-0.39, 0.29) is 39.1 Å². The number of nitrogens with zero attached hydrogens (tertiary/aromatic N) is 1. The van der Waals surface area contributed by atoms with E-state index < -0.39 is 29.5 Å². The van der Waals surface area contributed by atoms with Gasteiger partial charge in [-0.25, -0.2) is 4.79 Å². The molecule has 10 heteroatoms. The SMILES string of the molecule is CCOC(=O)c1ccc(N2C(=O)C(=O)/C(=C(/O)c3cc(Cl)c(OC)c(Cl)c3)C2c2cccc(OC)c2)cc1. The Labute approximate surface area is 228 Å². The number of ketones is 1. The van der Waals surface area contributed by atoms with E-state index in [9.17, 15) is 19.5 Å². The number of benzene rings is 3. The summed E-state index contributed by atoms with van der Waals surface area (Å²) in [6, 6.07) is 14.6. The van der Waals surface area contributed by atoms with Gasteiger partial charge in [-0.3, -0.25) is 14.5 Å². The fourth-order valence-corrected chi connectivity index (χ4v) is 4.89. The second kappa shape index (κ2) is 11.2. The highest BCUT2D eigenvalue weighted by Gasteiger charge is 2.47. The summed E-state index contributed by atoms with van der Waals surface area (Å²) in [7, 11) is 2.89. The van der Waals surface area contributed by atoms with Gasteiger partial charge < -0.3 is 19.3 Å². The summed E-state index contributed by atoms with van der Waals surface area (Å²) in [5.74, 6) is -2.06. The number of carbonyl (C=O) groups is 3. The molecule has 1 saturated heterocycles. The Morgan fingerprint density at radius 2 is 1.61 bits per heavy atom. The molecule has 1 N–H and O–H groups in total. The summed E-state index contributed by atoms with van der Waals surface area (Å²) in [6.45, 7) is 1.91. The highest BCUT2D eigenvalue weighted by molar-refractivity contribution is 6.51. The number of aliphatic hydroxyl groups is 1. The van der Waals surface area contributed by atoms with Crippen LogP contribution in [0, 0.1) is 0 Å². The van der Waals surface area contributed by atoms with Gasteiger partial charge in [-0.15, -0.1) is 0 Å². The molecule has 0 aliphatic carbocycles. The molecule has 0 bridgehead atoms. The molecule has 1 aliphatic rings. The Balaban J connectivity index is 1.91. The van der Waals surface area contributed by atoms with Gasteiger partial charge in [-0.1, -0.05) is 35.3 Å². The van der Waals surface area contributed by atoms with E-state index in [4.69, 9.17) is 37.4 Å². The molecule has 1 aliphatic heterocycles. The number of aliphatic hydroxyl groups excluding tert-OH is 1. The lowest BCUT2D eigenvalue weighted by Crippen LogP contribution is -2.29. The number of hydrogen-bond acceptors (Lipinski definition) is 7. The fraction of sp³-hybridized carbons (Fsp3) is 0.179. The van der Waals surface area contributed by atoms with Crippen molar-refractivity contribution in [3.63, 3.8) is 0 Å². The van der Waals surface area contributed by atoms with E-state index in [0.29, 0.717) is 17.0 Å². The largest absolute Gasteiger partial charge is 0.507 e. The number of hydrogen-bond donors (Lipinski definition) is 1. The minimum absolute atomic E-state index is 0.114. The third kappa shape index (κ3) is 4.92. The summed E-state index contributed by atoms with van der Waals surface area (Å²) in [6.07, 6.45) is 0. The number of esters is 1. The molecule has 1 heterocycles. The lowest BCUT2D eigenvalue weighted by molar-refractivity contribution is -0.132. The van der Waals surface area contributed by atoms with Crippen LogP contribution in [0.2, 0.25) is 10.0 Å². The van der Waals surface area contributed by atoms with Crippen LogP contribution in [0.3, 0.4) is 0 Å². The Kier molecular flexibility index (Phi) is 7.94. The van der Waals surface area contributed by atoms with Gasteiger partial charge in [0.15, 0.2) is 5.75 Å². The van der Waals surface area contributed by atoms with Crippen molar-refractivity contribution >= 4 is 52.3 Å². The molecule has 1 fully saturated rings. The molecule has 1 atom stereocenters. The highest BCUT2D eigenvalue weighted by atomic mass is 35.5. The van der Waals surface area contributed by atoms with Gasteiger partial charge in [0.1, 0.15) is 11.5 Å². The number of anilines is 1. The van der Waals surface area contributed by atoms with Crippen molar-refractivity contribution in [1.82, 2.24) is 0 Å². The van der Waals surface area contributed by atoms with E-state index in [2.05, 4.69) is 0 Å². The van der Waals surface area contributed by atoms with Crippen molar-refractivity contribution in [3.05, 3.63) is 93.0 Å². The van der Waals surface area contributed by atoms with Gasteiger partial charge in [0.2, 0.25) is 0 Å². The summed E-state index contributed by atoms with van der Waals surface area (Å²) >= 11 is 12.5. The van der Waals surface area contributed by atoms with Crippen LogP contribution in [0.25, 0.3) is 5.76 Å². The predicted octanol–water partition coefficient (Wildman–Crippen LogP) is 5.81. The topological polar surface area (TPSA) is 102 Å². The zero-order chi connectivity index (χ0) is 27.6. The molecule has 3 aromatic rings. The molecule has 0 spiro atoms. The first-order valence-electron chi connectivity index (χ1n) is 11.5. The van der Waals surface area contributed by atoms with Crippen molar-refractivity contribution in [2.75, 3.05) is 25.7 Å². The summed E-state index contributed by atoms with van der Waals surface area (Å²) in [5.41, 5.74) is 1.08. The summed E-state index contributed by atoms with van der Waals surface area (Å²) in [4.78, 5) is 40.1. The van der Waals surface area contributed by atoms with Crippen LogP contribution < -0.4 is 14.4 Å². The summed E-state index contributed by atoms with van der Waals surface area (Å²) in [5, 5.41) is 11.6. The van der Waals surface area contributed by atoms with E-state index in [1.807, 2.05) is 0 Å². The monoisotopic (exact) mass is 555 g/mol. The van der Waals surface area contributed by atoms with Crippen LogP contribution in [-0.4, -0.2) is 43.6 Å². The maximum atomic E-state index is 13.4. The molecule has 4 rings (SSSR count). The van der Waals surface area contributed by atoms with Gasteiger partial charge in [0.25, 0.3) is 11.7 Å². The van der Waals surface area contributed by atoms with Crippen LogP contribution in [0.5, 0.6) is 11.5 Å². The third-order valence-electron chi connectivity index (χ3n) is 5.99. The normalized spacial score (nSPS) is 16.4. The fourth-order valence-electron chi connectivity index (χ4n) is 4.25. The highest BCUT2D eigenvalue weighted by Crippen LogP contribution is 2.44. The Morgan fingerprint density at radius 3 is 2.18 bits per heavy atom. The predicted molar refractivity (Wildman–Crippen MR) is 143 cm³/mol. The minimum Gasteiger partial charge on any atom is -0.507 e. The first kappa shape index (κ1) is 27.0. The Hall–Kier alpha value is -4.01. The number of carbonyl (C=O) groups excluding carboxylic acids is 3. The number of methoxy groups -OCH3 is 2. The van der Waals surface area contributed by atoms with Crippen molar-refractivity contribution in [1.29, 1.82) is 0 Å². The number of Topliss-reactive ketones (excluding diaryl/α,β-unsaturated/α-hetero) is 1. The average Bonchev–Trinajstić information content (AvgIpc) is 3.18. The molecule has 0 radical (unpaired) electrons. The van der Waals surface area contributed by atoms with Gasteiger partial charge in [0.05, 0.1) is 48.1 Å². The maximum Gasteiger partial charge on any atom is 0.338 e. The number of halogens is 2. The van der Waals surface area contributed by atoms with E-state index >= 15 is 0 Å². The van der Waals surface area contributed by atoms with E-state index in [0.717, 1.165) is 0 Å². The molecule has 8 nitrogen and oxygen atoms in total. The average molecular weight is 556 g/mol. The first-order chi connectivity index (χ1) is 18.2. The van der Waals surface area contributed by atoms with Gasteiger partial charge >= 0.3 is 5.97 Å². The minimum atomic E-state index is -1.03. The van der Waals surface area contributed by atoms with Crippen molar-refractivity contribution in [2.45, 2.75) is 13.0 Å². The molecule has 0 saturated carbocycles. The van der Waals surface area contributed by atoms with Crippen molar-refractivity contribution < 1.29 is 33.7 Å². The molecular formula is C28H23Cl2NO7. The molecule has 196 valence electrons. The molecule has 1 unspecified atom stereocenters. The van der Waals surface area contributed by atoms with Crippen LogP contribution in [0.15, 0.2) is 66.2 Å². The maximum absolute atomic E-state index is 13.4. The van der Waals surface area contributed by atoms with Crippen molar-refractivity contribution in [3.8, 4) is 11.5 Å². The van der Waals surface area contributed by atoms with Crippen LogP contribution in [-0.2, 0) is 14.3 Å². The standard InChI is InChI=1S/C28H23Cl2NO7/c1-4-38-28(35)15-8-10-18(11-9-15)31-23(16-6-5-7-19(12-16)36-2)22(25(33)27(31)34)24(32)17-13-20(29)26(37-3)21(30)14-17/h5-14,23,32H,4H2,1-3H3/b24-22+. The zero-order valence-electron chi connectivity index (χ0n) is 20.7. The Bertz CT molecular complexity index is 1430. The van der Waals surface area contributed by atoms with Gasteiger partial charge in [0, 0.05) is 11.3 Å². The second-order valence-electron chi connectivity index (χ2n) is 8.19. The van der Waals surface area contributed by atoms with Crippen LogP contribution in [0.1, 0.15) is 34.5 Å². The molecular weight excluding hydrogens is 533 g/mol. The lowest BCUT2D eigenvalue weighted by atomic mass is 9.95. The number of ether oxygens (including phenoxy) is 3. The second-order valence-corrected chi connectivity index (χ2v) is 9.00. The van der Waals surface area contributed by atoms with Crippen LogP contribution >= 0.6 is 23.2 Å². The first-order valence-corrected chi connectivity index (χ1v) is 12.2. The smallest absolute Gasteiger partial charge is 0.338 e. The van der Waals surface area contributed by atoms with Gasteiger partial charge in [-0.2, -0.15) is 0 Å². The zero-order valence-corrected chi connectivity index (χ0v) is 22.2. The third-order valence-corrected chi connectivity index (χ3v) is 6.55. The van der Waals surface area contributed by atoms with Crippen molar-refractivity contribution in [2.24, 2.45) is 0 Å². The van der Waals surface area contributed by atoms with Crippen LogP contribution in [0.4, 0.5) is 5.69 Å². The van der Waals surface area contributed by atoms with E-state index in [1.165, 1.54) is 55.5 Å². The lowest BCUT2D eigenvalue weighted by Gasteiger charge is -2.26. The molecule has 3 aromatic carbocycles. The molecule has 38 heavy (non-hydrogen) atoms. The number of amides is 1. The summed E-state index contributed by atoms with van der Waals surface area (Å²) < 4.78 is 15.5. The molecule has 1 amide bonds. The quantitative estimate of drug-likeness (QED) is 0.170. The Morgan fingerprint density at radius 1 is 0.947 bits per heavy atom. The molecule has 0 aromatic heterocycles. The number of rotatable bonds is 7. The van der Waals surface area contributed by atoms with E-state index in [1.54, 1.807) is 31.2 Å².